The van der Waals surface area contributed by atoms with Crippen molar-refractivity contribution in [3.63, 3.8) is 0 Å². The Morgan fingerprint density at radius 1 is 1.20 bits per heavy atom. The second kappa shape index (κ2) is 7.76. The van der Waals surface area contributed by atoms with E-state index in [1.54, 1.807) is 25.1 Å². The summed E-state index contributed by atoms with van der Waals surface area (Å²) in [6, 6.07) is 9.56. The summed E-state index contributed by atoms with van der Waals surface area (Å²) < 4.78 is 0. The molecular weight excluding hydrogens is 346 g/mol. The molecule has 1 atom stereocenters. The van der Waals surface area contributed by atoms with Crippen LogP contribution in [0.3, 0.4) is 0 Å². The Hall–Kier alpha value is -2.93. The molecule has 2 aromatic carbocycles. The summed E-state index contributed by atoms with van der Waals surface area (Å²) in [7, 11) is 0. The van der Waals surface area contributed by atoms with Crippen molar-refractivity contribution >= 4 is 34.8 Å². The first-order valence-corrected chi connectivity index (χ1v) is 7.78. The molecule has 0 aliphatic heterocycles. The summed E-state index contributed by atoms with van der Waals surface area (Å²) in [6.07, 6.45) is 0. The molecule has 0 heterocycles. The zero-order valence-corrected chi connectivity index (χ0v) is 14.3. The lowest BCUT2D eigenvalue weighted by molar-refractivity contribution is -0.384. The van der Waals surface area contributed by atoms with Crippen molar-refractivity contribution in [2.45, 2.75) is 19.9 Å². The Morgan fingerprint density at radius 2 is 1.88 bits per heavy atom. The molecule has 8 heteroatoms. The second-order valence-electron chi connectivity index (χ2n) is 5.40. The lowest BCUT2D eigenvalue weighted by Crippen LogP contribution is -2.41. The molecule has 25 heavy (non-hydrogen) atoms. The third-order valence-corrected chi connectivity index (χ3v) is 4.00. The molecule has 0 aliphatic carbocycles. The van der Waals surface area contributed by atoms with E-state index in [-0.39, 0.29) is 11.3 Å². The molecule has 2 rings (SSSR count). The van der Waals surface area contributed by atoms with E-state index in [0.717, 1.165) is 11.6 Å². The van der Waals surface area contributed by atoms with Gasteiger partial charge in [-0.3, -0.25) is 19.7 Å². The molecule has 0 saturated carbocycles. The molecule has 0 fully saturated rings. The first kappa shape index (κ1) is 18.4. The van der Waals surface area contributed by atoms with E-state index in [0.29, 0.717) is 10.7 Å². The SMILES string of the molecule is Cc1c(Cl)cccc1NC(=O)C(C)NC(=O)c1cccc([N+](=O)[O-])c1. The van der Waals surface area contributed by atoms with E-state index in [1.165, 1.54) is 25.1 Å². The second-order valence-corrected chi connectivity index (χ2v) is 5.81. The van der Waals surface area contributed by atoms with Crippen LogP contribution in [-0.4, -0.2) is 22.8 Å². The molecule has 0 aromatic heterocycles. The molecule has 0 aliphatic rings. The predicted molar refractivity (Wildman–Crippen MR) is 94.8 cm³/mol. The van der Waals surface area contributed by atoms with Gasteiger partial charge < -0.3 is 10.6 Å². The Kier molecular flexibility index (Phi) is 5.71. The van der Waals surface area contributed by atoms with Crippen LogP contribution in [0.1, 0.15) is 22.8 Å². The molecule has 2 amide bonds. The highest BCUT2D eigenvalue weighted by Crippen LogP contribution is 2.23. The standard InChI is InChI=1S/C17H16ClN3O4/c1-10-14(18)7-4-8-15(10)20-16(22)11(2)19-17(23)12-5-3-6-13(9-12)21(24)25/h3-9,11H,1-2H3,(H,19,23)(H,20,22). The number of benzene rings is 2. The van der Waals surface area contributed by atoms with Crippen molar-refractivity contribution in [1.82, 2.24) is 5.32 Å². The van der Waals surface area contributed by atoms with Gasteiger partial charge in [0.05, 0.1) is 4.92 Å². The van der Waals surface area contributed by atoms with E-state index in [4.69, 9.17) is 11.6 Å². The van der Waals surface area contributed by atoms with Crippen LogP contribution < -0.4 is 10.6 Å². The van der Waals surface area contributed by atoms with Crippen LogP contribution in [0.2, 0.25) is 5.02 Å². The number of nitro groups is 1. The Bertz CT molecular complexity index is 838. The number of hydrogen-bond acceptors (Lipinski definition) is 4. The lowest BCUT2D eigenvalue weighted by atomic mass is 10.1. The van der Waals surface area contributed by atoms with Gasteiger partial charge in [0.25, 0.3) is 11.6 Å². The molecule has 0 radical (unpaired) electrons. The molecule has 2 N–H and O–H groups in total. The van der Waals surface area contributed by atoms with Crippen LogP contribution in [0.4, 0.5) is 11.4 Å². The minimum atomic E-state index is -0.842. The summed E-state index contributed by atoms with van der Waals surface area (Å²) in [5.74, 6) is -1.00. The molecule has 7 nitrogen and oxygen atoms in total. The zero-order valence-electron chi connectivity index (χ0n) is 13.6. The Morgan fingerprint density at radius 3 is 2.56 bits per heavy atom. The maximum Gasteiger partial charge on any atom is 0.270 e. The third kappa shape index (κ3) is 4.54. The zero-order chi connectivity index (χ0) is 18.6. The first-order chi connectivity index (χ1) is 11.8. The number of hydrogen-bond donors (Lipinski definition) is 2. The number of anilines is 1. The molecule has 130 valence electrons. The van der Waals surface area contributed by atoms with Gasteiger partial charge in [-0.15, -0.1) is 0 Å². The quantitative estimate of drug-likeness (QED) is 0.630. The van der Waals surface area contributed by atoms with Gasteiger partial charge in [-0.2, -0.15) is 0 Å². The number of nitro benzene ring substituents is 1. The third-order valence-electron chi connectivity index (χ3n) is 3.59. The van der Waals surface area contributed by atoms with E-state index >= 15 is 0 Å². The van der Waals surface area contributed by atoms with E-state index in [2.05, 4.69) is 10.6 Å². The Balaban J connectivity index is 2.05. The minimum Gasteiger partial charge on any atom is -0.341 e. The van der Waals surface area contributed by atoms with Gasteiger partial charge in [0.1, 0.15) is 6.04 Å². The van der Waals surface area contributed by atoms with Gasteiger partial charge >= 0.3 is 0 Å². The van der Waals surface area contributed by atoms with Crippen LogP contribution in [0, 0.1) is 17.0 Å². The maximum atomic E-state index is 12.2. The van der Waals surface area contributed by atoms with Crippen molar-refractivity contribution < 1.29 is 14.5 Å². The fourth-order valence-corrected chi connectivity index (χ4v) is 2.26. The van der Waals surface area contributed by atoms with Gasteiger partial charge in [0, 0.05) is 28.4 Å². The van der Waals surface area contributed by atoms with E-state index < -0.39 is 22.8 Å². The summed E-state index contributed by atoms with van der Waals surface area (Å²) in [6.45, 7) is 3.29. The minimum absolute atomic E-state index is 0.104. The number of nitrogens with zero attached hydrogens (tertiary/aromatic N) is 1. The number of amides is 2. The summed E-state index contributed by atoms with van der Waals surface area (Å²) in [4.78, 5) is 34.6. The number of carbonyl (C=O) groups is 2. The lowest BCUT2D eigenvalue weighted by Gasteiger charge is -2.15. The maximum absolute atomic E-state index is 12.2. The molecule has 0 saturated heterocycles. The number of carbonyl (C=O) groups excluding carboxylic acids is 2. The molecule has 0 bridgehead atoms. The average molecular weight is 362 g/mol. The van der Waals surface area contributed by atoms with Gasteiger partial charge in [-0.25, -0.2) is 0 Å². The average Bonchev–Trinajstić information content (AvgIpc) is 2.58. The van der Waals surface area contributed by atoms with Crippen molar-refractivity contribution in [1.29, 1.82) is 0 Å². The highest BCUT2D eigenvalue weighted by atomic mass is 35.5. The van der Waals surface area contributed by atoms with Crippen LogP contribution in [0.5, 0.6) is 0 Å². The molecule has 1 unspecified atom stereocenters. The van der Waals surface area contributed by atoms with Crippen molar-refractivity contribution in [2.75, 3.05) is 5.32 Å². The summed E-state index contributed by atoms with van der Waals surface area (Å²) in [5, 5.41) is 16.5. The van der Waals surface area contributed by atoms with Gasteiger partial charge in [0.15, 0.2) is 0 Å². The number of nitrogens with one attached hydrogen (secondary N) is 2. The monoisotopic (exact) mass is 361 g/mol. The highest BCUT2D eigenvalue weighted by Gasteiger charge is 2.19. The fourth-order valence-electron chi connectivity index (χ4n) is 2.09. The Labute approximate surface area is 149 Å². The van der Waals surface area contributed by atoms with Crippen LogP contribution >= 0.6 is 11.6 Å². The topological polar surface area (TPSA) is 101 Å². The number of non-ortho nitro benzene ring substituents is 1. The van der Waals surface area contributed by atoms with Crippen molar-refractivity contribution in [3.8, 4) is 0 Å². The van der Waals surface area contributed by atoms with Gasteiger partial charge in [-0.1, -0.05) is 23.7 Å². The normalized spacial score (nSPS) is 11.5. The number of rotatable bonds is 5. The summed E-state index contributed by atoms with van der Waals surface area (Å²) in [5.41, 5.74) is 1.18. The van der Waals surface area contributed by atoms with Gasteiger partial charge in [0.2, 0.25) is 5.91 Å². The van der Waals surface area contributed by atoms with Crippen molar-refractivity contribution in [3.05, 3.63) is 68.7 Å². The van der Waals surface area contributed by atoms with E-state index in [1.807, 2.05) is 0 Å². The smallest absolute Gasteiger partial charge is 0.270 e. The van der Waals surface area contributed by atoms with Crippen LogP contribution in [0.15, 0.2) is 42.5 Å². The highest BCUT2D eigenvalue weighted by molar-refractivity contribution is 6.31. The molecular formula is C17H16ClN3O4. The molecule has 2 aromatic rings. The van der Waals surface area contributed by atoms with Crippen molar-refractivity contribution in [2.24, 2.45) is 0 Å². The van der Waals surface area contributed by atoms with Crippen LogP contribution in [0.25, 0.3) is 0 Å². The predicted octanol–water partition coefficient (Wildman–Crippen LogP) is 3.31. The van der Waals surface area contributed by atoms with E-state index in [9.17, 15) is 19.7 Å². The number of halogens is 1. The fraction of sp³-hybridized carbons (Fsp3) is 0.176. The summed E-state index contributed by atoms with van der Waals surface area (Å²) >= 11 is 6.01. The van der Waals surface area contributed by atoms with Gasteiger partial charge in [-0.05, 0) is 37.6 Å². The van der Waals surface area contributed by atoms with Crippen LogP contribution in [-0.2, 0) is 4.79 Å². The first-order valence-electron chi connectivity index (χ1n) is 7.41. The molecule has 0 spiro atoms. The largest absolute Gasteiger partial charge is 0.341 e.